The molecule has 0 aliphatic rings. The monoisotopic (exact) mass is 210 g/mol. The van der Waals surface area contributed by atoms with Crippen LogP contribution in [0.1, 0.15) is 6.92 Å². The van der Waals surface area contributed by atoms with Crippen molar-refractivity contribution in [2.45, 2.75) is 18.4 Å². The molecule has 2 unspecified atom stereocenters. The SMILES string of the molecule is CC(Cl)C(O)CS(=O)(=O)[O-].[Na+]. The van der Waals surface area contributed by atoms with E-state index in [0.29, 0.717) is 0 Å². The van der Waals surface area contributed by atoms with E-state index in [9.17, 15) is 13.0 Å². The van der Waals surface area contributed by atoms with Gasteiger partial charge >= 0.3 is 29.6 Å². The number of hydrogen-bond donors (Lipinski definition) is 1. The van der Waals surface area contributed by atoms with Gasteiger partial charge in [-0.25, -0.2) is 8.42 Å². The quantitative estimate of drug-likeness (QED) is 0.298. The Morgan fingerprint density at radius 1 is 1.64 bits per heavy atom. The summed E-state index contributed by atoms with van der Waals surface area (Å²) in [5.41, 5.74) is 0. The standard InChI is InChI=1S/C4H9ClO4S.Na/c1-3(5)4(6)2-10(7,8)9;/h3-4,6H,2H2,1H3,(H,7,8,9);/q;+1/p-1. The fraction of sp³-hybridized carbons (Fsp3) is 1.00. The van der Waals surface area contributed by atoms with Crippen LogP contribution in [0.3, 0.4) is 0 Å². The fourth-order valence-corrected chi connectivity index (χ4v) is 1.24. The van der Waals surface area contributed by atoms with Gasteiger partial charge in [-0.1, -0.05) is 0 Å². The van der Waals surface area contributed by atoms with E-state index in [2.05, 4.69) is 0 Å². The molecule has 0 aromatic heterocycles. The predicted molar refractivity (Wildman–Crippen MR) is 35.9 cm³/mol. The molecular formula is C4H8ClNaO4S. The fourth-order valence-electron chi connectivity index (χ4n) is 0.342. The van der Waals surface area contributed by atoms with Crippen LogP contribution in [0.4, 0.5) is 0 Å². The van der Waals surface area contributed by atoms with Gasteiger partial charge in [-0.3, -0.25) is 0 Å². The third-order valence-corrected chi connectivity index (χ3v) is 1.95. The molecule has 11 heavy (non-hydrogen) atoms. The molecule has 2 atom stereocenters. The summed E-state index contributed by atoms with van der Waals surface area (Å²) in [6.07, 6.45) is -1.27. The third-order valence-electron chi connectivity index (χ3n) is 0.905. The van der Waals surface area contributed by atoms with Crippen molar-refractivity contribution in [3.63, 3.8) is 0 Å². The van der Waals surface area contributed by atoms with Crippen molar-refractivity contribution in [2.75, 3.05) is 5.75 Å². The van der Waals surface area contributed by atoms with E-state index in [4.69, 9.17) is 16.7 Å². The zero-order valence-electron chi connectivity index (χ0n) is 6.32. The zero-order valence-corrected chi connectivity index (χ0v) is 9.89. The van der Waals surface area contributed by atoms with Crippen LogP contribution >= 0.6 is 11.6 Å². The van der Waals surface area contributed by atoms with E-state index >= 15 is 0 Å². The molecule has 0 spiro atoms. The Kier molecular flexibility index (Phi) is 7.66. The maximum Gasteiger partial charge on any atom is 1.00 e. The first-order chi connectivity index (χ1) is 4.33. The Morgan fingerprint density at radius 2 is 2.00 bits per heavy atom. The summed E-state index contributed by atoms with van der Waals surface area (Å²) in [6.45, 7) is 1.41. The molecule has 0 aliphatic heterocycles. The Bertz CT molecular complexity index is 190. The maximum atomic E-state index is 9.97. The van der Waals surface area contributed by atoms with Gasteiger partial charge in [0.15, 0.2) is 0 Å². The summed E-state index contributed by atoms with van der Waals surface area (Å²) in [7, 11) is -4.35. The van der Waals surface area contributed by atoms with Crippen LogP contribution in [0, 0.1) is 0 Å². The number of halogens is 1. The minimum Gasteiger partial charge on any atom is -0.748 e. The van der Waals surface area contributed by atoms with E-state index in [1.165, 1.54) is 6.92 Å². The van der Waals surface area contributed by atoms with E-state index < -0.39 is 27.4 Å². The Hall–Kier alpha value is 1.16. The molecule has 62 valence electrons. The minimum atomic E-state index is -4.35. The van der Waals surface area contributed by atoms with E-state index in [1.807, 2.05) is 0 Å². The van der Waals surface area contributed by atoms with E-state index in [-0.39, 0.29) is 29.6 Å². The molecule has 0 rings (SSSR count). The van der Waals surface area contributed by atoms with Gasteiger partial charge in [0.2, 0.25) is 0 Å². The van der Waals surface area contributed by atoms with Gasteiger partial charge in [0.05, 0.1) is 27.4 Å². The second-order valence-corrected chi connectivity index (χ2v) is 4.11. The molecule has 0 aromatic carbocycles. The van der Waals surface area contributed by atoms with Crippen molar-refractivity contribution >= 4 is 21.7 Å². The van der Waals surface area contributed by atoms with Crippen LogP contribution in [-0.4, -0.2) is 35.3 Å². The van der Waals surface area contributed by atoms with Gasteiger partial charge in [-0.2, -0.15) is 0 Å². The van der Waals surface area contributed by atoms with Gasteiger partial charge in [0.25, 0.3) is 0 Å². The zero-order chi connectivity index (χ0) is 8.36. The summed E-state index contributed by atoms with van der Waals surface area (Å²) in [6, 6.07) is 0. The first kappa shape index (κ1) is 14.7. The molecule has 0 fully saturated rings. The Labute approximate surface area is 93.0 Å². The van der Waals surface area contributed by atoms with Gasteiger partial charge in [0.1, 0.15) is 0 Å². The molecular weight excluding hydrogens is 203 g/mol. The van der Waals surface area contributed by atoms with Gasteiger partial charge < -0.3 is 9.66 Å². The molecule has 4 nitrogen and oxygen atoms in total. The average Bonchev–Trinajstić information content (AvgIpc) is 1.60. The molecule has 0 saturated carbocycles. The van der Waals surface area contributed by atoms with Crippen molar-refractivity contribution in [3.05, 3.63) is 0 Å². The summed E-state index contributed by atoms with van der Waals surface area (Å²) < 4.78 is 29.9. The van der Waals surface area contributed by atoms with Gasteiger partial charge in [-0.05, 0) is 6.92 Å². The number of aliphatic hydroxyl groups excluding tert-OH is 1. The number of hydrogen-bond acceptors (Lipinski definition) is 4. The molecule has 7 heteroatoms. The summed E-state index contributed by atoms with van der Waals surface area (Å²) in [5.74, 6) is -0.822. The van der Waals surface area contributed by atoms with Crippen molar-refractivity contribution in [1.82, 2.24) is 0 Å². The summed E-state index contributed by atoms with van der Waals surface area (Å²) in [5, 5.41) is 8.03. The number of alkyl halides is 1. The van der Waals surface area contributed by atoms with Crippen LogP contribution in [0.5, 0.6) is 0 Å². The first-order valence-electron chi connectivity index (χ1n) is 2.58. The topological polar surface area (TPSA) is 77.4 Å². The largest absolute Gasteiger partial charge is 1.00 e. The second-order valence-electron chi connectivity index (χ2n) is 1.97. The number of aliphatic hydroxyl groups is 1. The molecule has 0 bridgehead atoms. The molecule has 1 N–H and O–H groups in total. The van der Waals surface area contributed by atoms with Crippen LogP contribution < -0.4 is 29.6 Å². The van der Waals surface area contributed by atoms with E-state index in [0.717, 1.165) is 0 Å². The third kappa shape index (κ3) is 9.07. The Balaban J connectivity index is 0. The molecule has 0 aliphatic carbocycles. The van der Waals surface area contributed by atoms with Crippen LogP contribution in [-0.2, 0) is 10.1 Å². The molecule has 0 radical (unpaired) electrons. The molecule has 0 heterocycles. The van der Waals surface area contributed by atoms with Crippen LogP contribution in [0.25, 0.3) is 0 Å². The van der Waals surface area contributed by atoms with Crippen LogP contribution in [0.15, 0.2) is 0 Å². The molecule has 0 aromatic rings. The van der Waals surface area contributed by atoms with Crippen molar-refractivity contribution in [3.8, 4) is 0 Å². The molecule has 0 amide bonds. The minimum absolute atomic E-state index is 0. The second kappa shape index (κ2) is 5.75. The smallest absolute Gasteiger partial charge is 0.748 e. The van der Waals surface area contributed by atoms with Crippen molar-refractivity contribution in [1.29, 1.82) is 0 Å². The van der Waals surface area contributed by atoms with E-state index in [1.54, 1.807) is 0 Å². The first-order valence-corrected chi connectivity index (χ1v) is 4.60. The van der Waals surface area contributed by atoms with Crippen molar-refractivity contribution < 1.29 is 47.6 Å². The summed E-state index contributed by atoms with van der Waals surface area (Å²) in [4.78, 5) is 0. The maximum absolute atomic E-state index is 9.97. The summed E-state index contributed by atoms with van der Waals surface area (Å²) >= 11 is 5.28. The van der Waals surface area contributed by atoms with Crippen molar-refractivity contribution in [2.24, 2.45) is 0 Å². The Morgan fingerprint density at radius 3 is 2.09 bits per heavy atom. The van der Waals surface area contributed by atoms with Gasteiger partial charge in [0, 0.05) is 0 Å². The van der Waals surface area contributed by atoms with Crippen LogP contribution in [0.2, 0.25) is 0 Å². The normalized spacial score (nSPS) is 16.7. The van der Waals surface area contributed by atoms with Gasteiger partial charge in [-0.15, -0.1) is 11.6 Å². The number of rotatable bonds is 3. The molecule has 0 saturated heterocycles. The average molecular weight is 211 g/mol. The predicted octanol–water partition coefficient (Wildman–Crippen LogP) is -3.48.